The summed E-state index contributed by atoms with van der Waals surface area (Å²) in [5, 5.41) is 0. The molecule has 0 radical (unpaired) electrons. The zero-order valence-corrected chi connectivity index (χ0v) is 12.0. The van der Waals surface area contributed by atoms with E-state index in [4.69, 9.17) is 10.5 Å². The molecule has 3 rings (SSSR count). The van der Waals surface area contributed by atoms with Gasteiger partial charge in [0.1, 0.15) is 0 Å². The number of ether oxygens (including phenoxy) is 1. The predicted octanol–water partition coefficient (Wildman–Crippen LogP) is 2.73. The van der Waals surface area contributed by atoms with Gasteiger partial charge < -0.3 is 10.5 Å². The molecule has 92 valence electrons. The van der Waals surface area contributed by atoms with E-state index in [1.807, 2.05) is 0 Å². The quantitative estimate of drug-likeness (QED) is 0.857. The van der Waals surface area contributed by atoms with E-state index in [0.29, 0.717) is 12.2 Å². The van der Waals surface area contributed by atoms with E-state index >= 15 is 0 Å². The first kappa shape index (κ1) is 11.9. The largest absolute Gasteiger partial charge is 0.374 e. The topological polar surface area (TPSA) is 35.2 Å². The average Bonchev–Trinajstić information content (AvgIpc) is 2.93. The van der Waals surface area contributed by atoms with Gasteiger partial charge in [-0.2, -0.15) is 0 Å². The molecule has 2 aliphatic heterocycles. The molecule has 17 heavy (non-hydrogen) atoms. The smallest absolute Gasteiger partial charge is 0.0652 e. The van der Waals surface area contributed by atoms with E-state index in [2.05, 4.69) is 46.9 Å². The molecule has 0 aromatic heterocycles. The first-order chi connectivity index (χ1) is 8.22. The highest BCUT2D eigenvalue weighted by Gasteiger charge is 2.51. The first-order valence-electron chi connectivity index (χ1n) is 6.32. The summed E-state index contributed by atoms with van der Waals surface area (Å²) in [4.78, 5) is 0. The third kappa shape index (κ3) is 2.13. The van der Waals surface area contributed by atoms with Gasteiger partial charge in [-0.1, -0.05) is 12.1 Å². The molecule has 3 unspecified atom stereocenters. The van der Waals surface area contributed by atoms with Gasteiger partial charge in [-0.3, -0.25) is 0 Å². The molecular formula is C14H18INO. The number of benzene rings is 1. The summed E-state index contributed by atoms with van der Waals surface area (Å²) < 4.78 is 7.28. The van der Waals surface area contributed by atoms with Crippen LogP contribution in [0.25, 0.3) is 0 Å². The van der Waals surface area contributed by atoms with Crippen LogP contribution in [-0.2, 0) is 11.2 Å². The summed E-state index contributed by atoms with van der Waals surface area (Å²) in [7, 11) is 0. The van der Waals surface area contributed by atoms with Crippen LogP contribution in [0.5, 0.6) is 0 Å². The van der Waals surface area contributed by atoms with Crippen molar-refractivity contribution in [1.29, 1.82) is 0 Å². The number of halogens is 1. The van der Waals surface area contributed by atoms with Crippen molar-refractivity contribution in [2.45, 2.75) is 37.9 Å². The molecule has 2 bridgehead atoms. The third-order valence-electron chi connectivity index (χ3n) is 4.30. The second-order valence-corrected chi connectivity index (χ2v) is 6.64. The molecule has 0 spiro atoms. The predicted molar refractivity (Wildman–Crippen MR) is 76.9 cm³/mol. The molecule has 3 heteroatoms. The minimum atomic E-state index is 0.204. The monoisotopic (exact) mass is 343 g/mol. The summed E-state index contributed by atoms with van der Waals surface area (Å²) in [6, 6.07) is 8.80. The van der Waals surface area contributed by atoms with Crippen molar-refractivity contribution < 1.29 is 4.74 Å². The Morgan fingerprint density at radius 2 is 2.06 bits per heavy atom. The van der Waals surface area contributed by atoms with Crippen LogP contribution in [0, 0.1) is 8.99 Å². The van der Waals surface area contributed by atoms with Gasteiger partial charge in [0.05, 0.1) is 12.2 Å². The molecular weight excluding hydrogens is 325 g/mol. The van der Waals surface area contributed by atoms with Crippen LogP contribution >= 0.6 is 22.6 Å². The normalized spacial score (nSPS) is 35.4. The van der Waals surface area contributed by atoms with E-state index in [1.54, 1.807) is 0 Å². The molecule has 2 aliphatic rings. The Morgan fingerprint density at radius 3 is 2.59 bits per heavy atom. The summed E-state index contributed by atoms with van der Waals surface area (Å²) >= 11 is 2.34. The summed E-state index contributed by atoms with van der Waals surface area (Å²) in [5.41, 5.74) is 7.65. The van der Waals surface area contributed by atoms with E-state index < -0.39 is 0 Å². The van der Waals surface area contributed by atoms with Gasteiger partial charge in [0.2, 0.25) is 0 Å². The van der Waals surface area contributed by atoms with Crippen molar-refractivity contribution >= 4 is 22.6 Å². The lowest BCUT2D eigenvalue weighted by Crippen LogP contribution is -2.41. The molecule has 2 heterocycles. The molecule has 0 amide bonds. The van der Waals surface area contributed by atoms with Crippen LogP contribution in [0.3, 0.4) is 0 Å². The number of fused-ring (bicyclic) bond motifs is 2. The lowest BCUT2D eigenvalue weighted by Gasteiger charge is -2.34. The molecule has 0 aliphatic carbocycles. The van der Waals surface area contributed by atoms with Crippen LogP contribution in [0.15, 0.2) is 24.3 Å². The summed E-state index contributed by atoms with van der Waals surface area (Å²) in [6.07, 6.45) is 5.54. The van der Waals surface area contributed by atoms with Gasteiger partial charge in [-0.25, -0.2) is 0 Å². The Morgan fingerprint density at radius 1 is 1.29 bits per heavy atom. The SMILES string of the molecule is NCC1(Cc2ccc(I)cc2)CC2CCC1O2. The van der Waals surface area contributed by atoms with E-state index in [0.717, 1.165) is 19.4 Å². The minimum absolute atomic E-state index is 0.204. The van der Waals surface area contributed by atoms with Crippen LogP contribution in [-0.4, -0.2) is 18.8 Å². The van der Waals surface area contributed by atoms with Gasteiger partial charge in [0, 0.05) is 15.5 Å². The fourth-order valence-electron chi connectivity index (χ4n) is 3.37. The highest BCUT2D eigenvalue weighted by molar-refractivity contribution is 14.1. The van der Waals surface area contributed by atoms with E-state index in [-0.39, 0.29) is 5.41 Å². The second kappa shape index (κ2) is 4.52. The lowest BCUT2D eigenvalue weighted by molar-refractivity contribution is 0.0636. The van der Waals surface area contributed by atoms with Crippen molar-refractivity contribution in [1.82, 2.24) is 0 Å². The highest BCUT2D eigenvalue weighted by Crippen LogP contribution is 2.48. The highest BCUT2D eigenvalue weighted by atomic mass is 127. The first-order valence-corrected chi connectivity index (χ1v) is 7.40. The number of hydrogen-bond donors (Lipinski definition) is 1. The molecule has 3 atom stereocenters. The molecule has 2 nitrogen and oxygen atoms in total. The lowest BCUT2D eigenvalue weighted by atomic mass is 9.70. The zero-order chi connectivity index (χ0) is 11.9. The molecule has 1 aromatic rings. The Balaban J connectivity index is 1.80. The molecule has 2 saturated heterocycles. The second-order valence-electron chi connectivity index (χ2n) is 5.40. The molecule has 2 N–H and O–H groups in total. The number of rotatable bonds is 3. The van der Waals surface area contributed by atoms with Crippen molar-refractivity contribution in [3.8, 4) is 0 Å². The number of nitrogens with two attached hydrogens (primary N) is 1. The standard InChI is InChI=1S/C14H18INO/c15-11-3-1-10(2-4-11)7-14(9-16)8-12-5-6-13(14)17-12/h1-4,12-13H,5-9,16H2. The maximum Gasteiger partial charge on any atom is 0.0652 e. The average molecular weight is 343 g/mol. The van der Waals surface area contributed by atoms with Gasteiger partial charge in [-0.15, -0.1) is 0 Å². The third-order valence-corrected chi connectivity index (χ3v) is 5.02. The molecule has 0 saturated carbocycles. The zero-order valence-electron chi connectivity index (χ0n) is 9.86. The number of hydrogen-bond acceptors (Lipinski definition) is 2. The maximum atomic E-state index is 6.05. The fraction of sp³-hybridized carbons (Fsp3) is 0.571. The van der Waals surface area contributed by atoms with Gasteiger partial charge >= 0.3 is 0 Å². The van der Waals surface area contributed by atoms with Crippen LogP contribution in [0.1, 0.15) is 24.8 Å². The van der Waals surface area contributed by atoms with Crippen molar-refractivity contribution in [2.75, 3.05) is 6.54 Å². The van der Waals surface area contributed by atoms with Crippen molar-refractivity contribution in [3.63, 3.8) is 0 Å². The van der Waals surface area contributed by atoms with Crippen molar-refractivity contribution in [2.24, 2.45) is 11.1 Å². The van der Waals surface area contributed by atoms with E-state index in [9.17, 15) is 0 Å². The molecule has 2 fully saturated rings. The summed E-state index contributed by atoms with van der Waals surface area (Å²) in [6.45, 7) is 0.750. The Hall–Kier alpha value is -0.130. The van der Waals surface area contributed by atoms with Gasteiger partial charge in [-0.05, 0) is 66.0 Å². The van der Waals surface area contributed by atoms with E-state index in [1.165, 1.54) is 22.0 Å². The Kier molecular flexibility index (Phi) is 3.17. The minimum Gasteiger partial charge on any atom is -0.374 e. The van der Waals surface area contributed by atoms with Crippen molar-refractivity contribution in [3.05, 3.63) is 33.4 Å². The van der Waals surface area contributed by atoms with Gasteiger partial charge in [0.15, 0.2) is 0 Å². The van der Waals surface area contributed by atoms with Crippen LogP contribution < -0.4 is 5.73 Å². The summed E-state index contributed by atoms with van der Waals surface area (Å²) in [5.74, 6) is 0. The van der Waals surface area contributed by atoms with Crippen LogP contribution in [0.4, 0.5) is 0 Å². The Labute approximate surface area is 116 Å². The fourth-order valence-corrected chi connectivity index (χ4v) is 3.73. The maximum absolute atomic E-state index is 6.05. The van der Waals surface area contributed by atoms with Gasteiger partial charge in [0.25, 0.3) is 0 Å². The Bertz CT molecular complexity index is 405. The molecule has 1 aromatic carbocycles. The van der Waals surface area contributed by atoms with Crippen LogP contribution in [0.2, 0.25) is 0 Å².